The van der Waals surface area contributed by atoms with E-state index in [1.807, 2.05) is 31.2 Å². The minimum Gasteiger partial charge on any atom is -0.496 e. The Bertz CT molecular complexity index is 692. The van der Waals surface area contributed by atoms with Gasteiger partial charge in [0, 0.05) is 11.6 Å². The van der Waals surface area contributed by atoms with Crippen molar-refractivity contribution in [2.75, 3.05) is 26.8 Å². The van der Waals surface area contributed by atoms with Crippen molar-refractivity contribution in [1.82, 2.24) is 5.32 Å². The molecule has 2 rings (SSSR count). The minimum absolute atomic E-state index is 0.501. The van der Waals surface area contributed by atoms with Gasteiger partial charge < -0.3 is 14.8 Å². The van der Waals surface area contributed by atoms with Crippen molar-refractivity contribution >= 4 is 23.4 Å². The maximum absolute atomic E-state index is 12.6. The van der Waals surface area contributed by atoms with Crippen LogP contribution in [0.2, 0.25) is 5.02 Å². The highest BCUT2D eigenvalue weighted by Gasteiger charge is 2.11. The van der Waals surface area contributed by atoms with Gasteiger partial charge in [0.05, 0.1) is 19.1 Å². The molecule has 0 unspecified atom stereocenters. The van der Waals surface area contributed by atoms with Crippen molar-refractivity contribution in [3.63, 3.8) is 0 Å². The largest absolute Gasteiger partial charge is 0.496 e. The van der Waals surface area contributed by atoms with Gasteiger partial charge in [0.25, 0.3) is 0 Å². The number of halogens is 2. The highest BCUT2D eigenvalue weighted by molar-refractivity contribution is 7.99. The van der Waals surface area contributed by atoms with E-state index in [9.17, 15) is 4.39 Å². The molecule has 25 heavy (non-hydrogen) atoms. The summed E-state index contributed by atoms with van der Waals surface area (Å²) in [7, 11) is 3.21. The van der Waals surface area contributed by atoms with Crippen LogP contribution in [0.25, 0.3) is 0 Å². The van der Waals surface area contributed by atoms with Crippen LogP contribution in [0.3, 0.4) is 0 Å². The van der Waals surface area contributed by atoms with Gasteiger partial charge in [-0.15, -0.1) is 0 Å². The molecule has 0 saturated carbocycles. The van der Waals surface area contributed by atoms with E-state index in [0.717, 1.165) is 63.6 Å². The van der Waals surface area contributed by atoms with Crippen LogP contribution in [-0.2, 0) is 13.0 Å². The van der Waals surface area contributed by atoms with Gasteiger partial charge in [-0.3, -0.25) is 0 Å². The van der Waals surface area contributed by atoms with E-state index in [2.05, 4.69) is 11.4 Å². The van der Waals surface area contributed by atoms with Gasteiger partial charge in [0.2, 0.25) is 0 Å². The molecule has 0 spiro atoms. The van der Waals surface area contributed by atoms with Crippen molar-refractivity contribution in [1.29, 1.82) is 0 Å². The van der Waals surface area contributed by atoms with Gasteiger partial charge in [-0.2, -0.15) is 0 Å². The number of hydrogen-bond acceptors (Lipinski definition) is 4. The number of hydrogen-bond donors (Lipinski definition) is 1. The summed E-state index contributed by atoms with van der Waals surface area (Å²) in [6.07, 6.45) is 0.777. The summed E-state index contributed by atoms with van der Waals surface area (Å²) in [5, 5.41) is 4.17. The van der Waals surface area contributed by atoms with Gasteiger partial charge in [-0.25, -0.2) is 4.39 Å². The first-order chi connectivity index (χ1) is 12.1. The summed E-state index contributed by atoms with van der Waals surface area (Å²) >= 11 is 7.18. The highest BCUT2D eigenvalue weighted by atomic mass is 35.5. The number of aryl methyl sites for hydroxylation is 1. The van der Waals surface area contributed by atoms with Crippen molar-refractivity contribution in [3.8, 4) is 11.5 Å². The summed E-state index contributed by atoms with van der Waals surface area (Å²) in [4.78, 5) is 0.743. The third-order valence-corrected chi connectivity index (χ3v) is 4.74. The maximum Gasteiger partial charge on any atom is 0.140 e. The Kier molecular flexibility index (Phi) is 7.88. The van der Waals surface area contributed by atoms with E-state index in [0.29, 0.717) is 5.75 Å². The fourth-order valence-corrected chi connectivity index (χ4v) is 3.57. The molecule has 2 aromatic rings. The molecule has 0 atom stereocenters. The van der Waals surface area contributed by atoms with Crippen LogP contribution in [0.1, 0.15) is 16.7 Å². The topological polar surface area (TPSA) is 30.5 Å². The van der Waals surface area contributed by atoms with E-state index >= 15 is 0 Å². The van der Waals surface area contributed by atoms with Crippen LogP contribution < -0.4 is 14.8 Å². The third kappa shape index (κ3) is 5.80. The molecule has 0 heterocycles. The van der Waals surface area contributed by atoms with Gasteiger partial charge in [-0.1, -0.05) is 29.4 Å². The number of methoxy groups -OCH3 is 2. The van der Waals surface area contributed by atoms with Crippen molar-refractivity contribution in [2.45, 2.75) is 24.8 Å². The van der Waals surface area contributed by atoms with Gasteiger partial charge >= 0.3 is 0 Å². The van der Waals surface area contributed by atoms with Crippen LogP contribution in [0.4, 0.5) is 4.39 Å². The fourth-order valence-electron chi connectivity index (χ4n) is 2.67. The molecule has 0 bridgehead atoms. The Balaban J connectivity index is 1.99. The Labute approximate surface area is 157 Å². The fraction of sp³-hybridized carbons (Fsp3) is 0.368. The first kappa shape index (κ1) is 19.9. The average molecular weight is 384 g/mol. The zero-order valence-corrected chi connectivity index (χ0v) is 16.3. The first-order valence-corrected chi connectivity index (χ1v) is 9.34. The molecule has 1 N–H and O–H groups in total. The molecule has 0 aliphatic heterocycles. The lowest BCUT2D eigenvalue weighted by atomic mass is 10.1. The van der Waals surface area contributed by atoms with Crippen LogP contribution in [0.5, 0.6) is 11.5 Å². The molecular weight excluding hydrogens is 361 g/mol. The monoisotopic (exact) mass is 383 g/mol. The Morgan fingerprint density at radius 3 is 2.48 bits per heavy atom. The molecule has 3 nitrogen and oxygen atoms in total. The summed E-state index contributed by atoms with van der Waals surface area (Å²) in [5.41, 5.74) is 3.33. The number of alkyl halides is 1. The van der Waals surface area contributed by atoms with Gasteiger partial charge in [-0.05, 0) is 60.8 Å². The first-order valence-electron chi connectivity index (χ1n) is 7.97. The average Bonchev–Trinajstić information content (AvgIpc) is 2.58. The van der Waals surface area contributed by atoms with Gasteiger partial charge in [0.15, 0.2) is 0 Å². The molecule has 0 saturated heterocycles. The lowest BCUT2D eigenvalue weighted by molar-refractivity contribution is 0.390. The quantitative estimate of drug-likeness (QED) is 0.486. The molecule has 0 fully saturated rings. The molecular formula is C19H23ClFNO2S. The second kappa shape index (κ2) is 9.90. The standard InChI is InChI=1S/C19H23ClFNO2S/c1-13-6-14(8-16(20)7-13)11-22-5-4-15-9-18(24-3)19(25-12-21)10-17(15)23-2/h6-10,22H,4-5,11-12H2,1-3H3. The second-order valence-electron chi connectivity index (χ2n) is 5.63. The van der Waals surface area contributed by atoms with E-state index in [1.165, 1.54) is 0 Å². The van der Waals surface area contributed by atoms with Crippen molar-refractivity contribution in [2.24, 2.45) is 0 Å². The summed E-state index contributed by atoms with van der Waals surface area (Å²) in [5.74, 6) is 1.42. The maximum atomic E-state index is 12.6. The smallest absolute Gasteiger partial charge is 0.140 e. The molecule has 2 aromatic carbocycles. The van der Waals surface area contributed by atoms with E-state index in [-0.39, 0.29) is 0 Å². The zero-order valence-electron chi connectivity index (χ0n) is 14.7. The van der Waals surface area contributed by atoms with Crippen LogP contribution in [0, 0.1) is 6.92 Å². The molecule has 0 aliphatic rings. The molecule has 0 radical (unpaired) electrons. The molecule has 0 aromatic heterocycles. The minimum atomic E-state index is -0.501. The summed E-state index contributed by atoms with van der Waals surface area (Å²) < 4.78 is 23.4. The van der Waals surface area contributed by atoms with Crippen molar-refractivity contribution < 1.29 is 13.9 Å². The van der Waals surface area contributed by atoms with E-state index in [1.54, 1.807) is 14.2 Å². The zero-order chi connectivity index (χ0) is 18.2. The predicted octanol–water partition coefficient (Wildman–Crippen LogP) is 5.02. The predicted molar refractivity (Wildman–Crippen MR) is 103 cm³/mol. The van der Waals surface area contributed by atoms with Crippen molar-refractivity contribution in [3.05, 3.63) is 52.0 Å². The lowest BCUT2D eigenvalue weighted by Crippen LogP contribution is -2.17. The lowest BCUT2D eigenvalue weighted by Gasteiger charge is -2.14. The van der Waals surface area contributed by atoms with E-state index < -0.39 is 6.01 Å². The van der Waals surface area contributed by atoms with Crippen LogP contribution in [-0.4, -0.2) is 26.8 Å². The summed E-state index contributed by atoms with van der Waals surface area (Å²) in [6, 6.07) is 9.28. The second-order valence-corrected chi connectivity index (χ2v) is 7.02. The summed E-state index contributed by atoms with van der Waals surface area (Å²) in [6.45, 7) is 3.56. The van der Waals surface area contributed by atoms with Gasteiger partial charge in [0.1, 0.15) is 17.5 Å². The number of benzene rings is 2. The number of ether oxygens (including phenoxy) is 2. The highest BCUT2D eigenvalue weighted by Crippen LogP contribution is 2.35. The SMILES string of the molecule is COc1cc(SCF)c(OC)cc1CCNCc1cc(C)cc(Cl)c1. The number of thioether (sulfide) groups is 1. The molecule has 0 amide bonds. The van der Waals surface area contributed by atoms with Crippen LogP contribution in [0.15, 0.2) is 35.2 Å². The van der Waals surface area contributed by atoms with E-state index in [4.69, 9.17) is 21.1 Å². The Morgan fingerprint density at radius 1 is 1.08 bits per heavy atom. The normalized spacial score (nSPS) is 10.8. The molecule has 136 valence electrons. The third-order valence-electron chi connectivity index (χ3n) is 3.78. The molecule has 6 heteroatoms. The Hall–Kier alpha value is -1.43. The van der Waals surface area contributed by atoms with Crippen LogP contribution >= 0.6 is 23.4 Å². The Morgan fingerprint density at radius 2 is 1.84 bits per heavy atom. The number of rotatable bonds is 9. The molecule has 0 aliphatic carbocycles. The number of nitrogens with one attached hydrogen (secondary N) is 1.